The zero-order valence-corrected chi connectivity index (χ0v) is 18.0. The van der Waals surface area contributed by atoms with Crippen LogP contribution in [0.1, 0.15) is 37.6 Å². The number of carbonyl (C=O) groups is 2. The van der Waals surface area contributed by atoms with Gasteiger partial charge in [-0.1, -0.05) is 25.1 Å². The van der Waals surface area contributed by atoms with Crippen LogP contribution in [0, 0.1) is 6.92 Å². The molecule has 1 aliphatic rings. The van der Waals surface area contributed by atoms with Crippen LogP contribution in [0.3, 0.4) is 0 Å². The summed E-state index contributed by atoms with van der Waals surface area (Å²) in [5.41, 5.74) is 2.50. The fraction of sp³-hybridized carbons (Fsp3) is 0.250. The normalized spacial score (nSPS) is 14.3. The Bertz CT molecular complexity index is 1210. The van der Waals surface area contributed by atoms with Gasteiger partial charge in [-0.3, -0.25) is 14.5 Å². The Kier molecular flexibility index (Phi) is 5.19. The van der Waals surface area contributed by atoms with Crippen molar-refractivity contribution in [3.8, 4) is 11.6 Å². The highest BCUT2D eigenvalue weighted by Gasteiger charge is 2.47. The van der Waals surface area contributed by atoms with Crippen LogP contribution in [0.5, 0.6) is 5.88 Å². The summed E-state index contributed by atoms with van der Waals surface area (Å²) in [6.45, 7) is 7.34. The van der Waals surface area contributed by atoms with Crippen LogP contribution < -0.4 is 9.67 Å². The number of nitrogens with zero attached hydrogens (tertiary/aromatic N) is 4. The summed E-state index contributed by atoms with van der Waals surface area (Å²) in [6.07, 6.45) is 3.94. The second-order valence-electron chi connectivity index (χ2n) is 7.81. The summed E-state index contributed by atoms with van der Waals surface area (Å²) >= 11 is 0. The molecule has 7 nitrogen and oxygen atoms in total. The van der Waals surface area contributed by atoms with Crippen LogP contribution in [0.2, 0.25) is 0 Å². The molecular formula is C24H24N4O3. The van der Waals surface area contributed by atoms with E-state index < -0.39 is 17.7 Å². The van der Waals surface area contributed by atoms with Gasteiger partial charge in [0.1, 0.15) is 5.57 Å². The fourth-order valence-electron chi connectivity index (χ4n) is 3.89. The first-order valence-electron chi connectivity index (χ1n) is 10.3. The maximum Gasteiger partial charge on any atom is 0.327 e. The third kappa shape index (κ3) is 3.32. The maximum absolute atomic E-state index is 13.5. The number of amides is 2. The van der Waals surface area contributed by atoms with Crippen LogP contribution in [0.4, 0.5) is 0 Å². The minimum absolute atomic E-state index is 0.110. The number of aromatic nitrogens is 3. The van der Waals surface area contributed by atoms with Gasteiger partial charge in [0, 0.05) is 23.2 Å². The molecule has 31 heavy (non-hydrogen) atoms. The lowest BCUT2D eigenvalue weighted by molar-refractivity contribution is -0.577. The molecule has 0 aliphatic carbocycles. The average molecular weight is 416 g/mol. The van der Waals surface area contributed by atoms with Gasteiger partial charge in [-0.15, -0.1) is 0 Å². The number of carbonyl (C=O) groups excluding carboxylic acids is 2. The van der Waals surface area contributed by atoms with Crippen LogP contribution in [0.15, 0.2) is 54.9 Å². The maximum atomic E-state index is 13.5. The summed E-state index contributed by atoms with van der Waals surface area (Å²) in [5.74, 6) is -1.29. The number of hydrogen-bond donors (Lipinski definition) is 0. The first kappa shape index (κ1) is 20.5. The number of benzene rings is 1. The highest BCUT2D eigenvalue weighted by Crippen LogP contribution is 2.37. The molecule has 7 heteroatoms. The van der Waals surface area contributed by atoms with Gasteiger partial charge in [0.25, 0.3) is 11.6 Å². The molecule has 1 aromatic carbocycles. The van der Waals surface area contributed by atoms with E-state index >= 15 is 0 Å². The van der Waals surface area contributed by atoms with Gasteiger partial charge < -0.3 is 5.11 Å². The Balaban J connectivity index is 2.02. The van der Waals surface area contributed by atoms with Crippen molar-refractivity contribution in [2.45, 2.75) is 40.2 Å². The Morgan fingerprint density at radius 3 is 2.39 bits per heavy atom. The van der Waals surface area contributed by atoms with Crippen molar-refractivity contribution in [3.05, 3.63) is 71.7 Å². The fourth-order valence-corrected chi connectivity index (χ4v) is 3.89. The molecule has 0 spiro atoms. The molecule has 0 fully saturated rings. The summed E-state index contributed by atoms with van der Waals surface area (Å²) in [4.78, 5) is 28.0. The van der Waals surface area contributed by atoms with E-state index in [1.54, 1.807) is 42.9 Å². The van der Waals surface area contributed by atoms with E-state index in [1.807, 2.05) is 44.2 Å². The van der Waals surface area contributed by atoms with E-state index in [4.69, 9.17) is 0 Å². The first-order chi connectivity index (χ1) is 14.8. The Morgan fingerprint density at radius 1 is 1.06 bits per heavy atom. The summed E-state index contributed by atoms with van der Waals surface area (Å²) < 4.78 is 2.93. The zero-order chi connectivity index (χ0) is 22.3. The van der Waals surface area contributed by atoms with Crippen molar-refractivity contribution >= 4 is 23.1 Å². The molecule has 3 heterocycles. The van der Waals surface area contributed by atoms with E-state index in [-0.39, 0.29) is 22.9 Å². The zero-order valence-electron chi connectivity index (χ0n) is 18.0. The van der Waals surface area contributed by atoms with E-state index in [1.165, 1.54) is 9.58 Å². The van der Waals surface area contributed by atoms with Crippen molar-refractivity contribution < 1.29 is 19.3 Å². The van der Waals surface area contributed by atoms with E-state index in [0.29, 0.717) is 17.8 Å². The second-order valence-corrected chi connectivity index (χ2v) is 7.81. The van der Waals surface area contributed by atoms with Gasteiger partial charge in [-0.05, 0) is 51.3 Å². The molecule has 2 amide bonds. The highest BCUT2D eigenvalue weighted by atomic mass is 16.3. The lowest BCUT2D eigenvalue weighted by atomic mass is 10.0. The monoisotopic (exact) mass is 416 g/mol. The molecule has 2 aromatic heterocycles. The van der Waals surface area contributed by atoms with E-state index in [9.17, 15) is 14.7 Å². The predicted octanol–water partition coefficient (Wildman–Crippen LogP) is 2.25. The number of aryl methyl sites for hydroxylation is 2. The molecule has 0 saturated heterocycles. The molecule has 0 saturated carbocycles. The summed E-state index contributed by atoms with van der Waals surface area (Å²) in [5, 5.41) is 18.0. The predicted molar refractivity (Wildman–Crippen MR) is 114 cm³/mol. The number of pyridine rings is 1. The van der Waals surface area contributed by atoms with Crippen molar-refractivity contribution in [1.29, 1.82) is 0 Å². The van der Waals surface area contributed by atoms with Crippen molar-refractivity contribution in [2.75, 3.05) is 0 Å². The van der Waals surface area contributed by atoms with Crippen LogP contribution in [0.25, 0.3) is 17.0 Å². The molecule has 0 radical (unpaired) electrons. The Morgan fingerprint density at radius 2 is 1.77 bits per heavy atom. The third-order valence-corrected chi connectivity index (χ3v) is 5.32. The van der Waals surface area contributed by atoms with Crippen molar-refractivity contribution in [3.63, 3.8) is 0 Å². The number of hydrogen-bond acceptors (Lipinski definition) is 4. The molecule has 1 aliphatic heterocycles. The third-order valence-electron chi connectivity index (χ3n) is 5.32. The van der Waals surface area contributed by atoms with Gasteiger partial charge in [0.05, 0.1) is 11.4 Å². The standard InChI is InChI=1S/C24H24N4O3/c1-5-18-19(23(30)28(25-18)17-11-7-6-8-12-17)20-21(26-13-9-10-16(4)14-26)24(31)27(15(2)3)22(20)29/h6-15H,5H2,1-4H3. The molecule has 0 N–H and O–H groups in total. The summed E-state index contributed by atoms with van der Waals surface area (Å²) in [7, 11) is 0. The first-order valence-corrected chi connectivity index (χ1v) is 10.3. The minimum Gasteiger partial charge on any atom is -0.858 e. The van der Waals surface area contributed by atoms with Gasteiger partial charge in [-0.2, -0.15) is 9.67 Å². The molecular weight excluding hydrogens is 392 g/mol. The van der Waals surface area contributed by atoms with E-state index in [2.05, 4.69) is 5.10 Å². The molecule has 3 aromatic rings. The Hall–Kier alpha value is -3.74. The number of para-hydroxylation sites is 1. The van der Waals surface area contributed by atoms with Gasteiger partial charge in [0.15, 0.2) is 12.4 Å². The largest absolute Gasteiger partial charge is 0.858 e. The topological polar surface area (TPSA) is 82.1 Å². The number of imide groups is 1. The van der Waals surface area contributed by atoms with Gasteiger partial charge >= 0.3 is 5.91 Å². The summed E-state index contributed by atoms with van der Waals surface area (Å²) in [6, 6.07) is 12.4. The highest BCUT2D eigenvalue weighted by molar-refractivity contribution is 6.45. The molecule has 0 atom stereocenters. The molecule has 0 unspecified atom stereocenters. The van der Waals surface area contributed by atoms with Crippen LogP contribution >= 0.6 is 0 Å². The van der Waals surface area contributed by atoms with Gasteiger partial charge in [-0.25, -0.2) is 4.68 Å². The molecule has 4 rings (SSSR count). The Labute approximate surface area is 180 Å². The van der Waals surface area contributed by atoms with E-state index in [0.717, 1.165) is 5.56 Å². The van der Waals surface area contributed by atoms with Crippen molar-refractivity contribution in [1.82, 2.24) is 14.7 Å². The quantitative estimate of drug-likeness (QED) is 0.472. The minimum atomic E-state index is -0.469. The lowest BCUT2D eigenvalue weighted by Gasteiger charge is -2.18. The molecule has 0 bridgehead atoms. The molecule has 158 valence electrons. The van der Waals surface area contributed by atoms with Crippen molar-refractivity contribution in [2.24, 2.45) is 0 Å². The smallest absolute Gasteiger partial charge is 0.327 e. The van der Waals surface area contributed by atoms with Crippen LogP contribution in [-0.4, -0.2) is 32.5 Å². The number of rotatable bonds is 5. The SMILES string of the molecule is CCc1nn(-c2ccccc2)c([O-])c1C1=C([n+]2cccc(C)c2)C(=O)N(C(C)C)C1=O. The van der Waals surface area contributed by atoms with Crippen LogP contribution in [-0.2, 0) is 16.0 Å². The second kappa shape index (κ2) is 7.83. The lowest BCUT2D eigenvalue weighted by Crippen LogP contribution is -2.42. The van der Waals surface area contributed by atoms with Gasteiger partial charge in [0.2, 0.25) is 0 Å². The average Bonchev–Trinajstić information content (AvgIpc) is 3.21.